The van der Waals surface area contributed by atoms with Gasteiger partial charge in [-0.25, -0.2) is 0 Å². The van der Waals surface area contributed by atoms with Crippen LogP contribution in [-0.4, -0.2) is 43.2 Å². The Balaban J connectivity index is 1.21. The number of nitrogens with zero attached hydrogens (tertiary/aromatic N) is 1. The molecule has 0 unspecified atom stereocenters. The van der Waals surface area contributed by atoms with Crippen molar-refractivity contribution in [2.24, 2.45) is 5.92 Å². The summed E-state index contributed by atoms with van der Waals surface area (Å²) in [5.41, 5.74) is 1.06. The Morgan fingerprint density at radius 1 is 1.10 bits per heavy atom. The van der Waals surface area contributed by atoms with Gasteiger partial charge in [-0.2, -0.15) is 0 Å². The predicted molar refractivity (Wildman–Crippen MR) is 114 cm³/mol. The third-order valence-electron chi connectivity index (χ3n) is 5.44. The number of halogens is 2. The van der Waals surface area contributed by atoms with Gasteiger partial charge in [-0.05, 0) is 55.8 Å². The molecule has 2 aliphatic heterocycles. The summed E-state index contributed by atoms with van der Waals surface area (Å²) in [7, 11) is 0. The number of hydrogen-bond donors (Lipinski definition) is 1. The zero-order valence-corrected chi connectivity index (χ0v) is 17.6. The maximum atomic E-state index is 12.6. The van der Waals surface area contributed by atoms with E-state index in [1.165, 1.54) is 0 Å². The van der Waals surface area contributed by atoms with Crippen LogP contribution in [0.2, 0.25) is 10.0 Å². The number of nitrogens with one attached hydrogen (secondary N) is 1. The van der Waals surface area contributed by atoms with Gasteiger partial charge >= 0.3 is 0 Å². The second-order valence-corrected chi connectivity index (χ2v) is 8.37. The maximum Gasteiger partial charge on any atom is 0.223 e. The first-order valence-corrected chi connectivity index (χ1v) is 10.7. The number of benzene rings is 2. The number of amides is 1. The van der Waals surface area contributed by atoms with E-state index in [0.29, 0.717) is 23.2 Å². The van der Waals surface area contributed by atoms with Crippen LogP contribution in [0.4, 0.5) is 0 Å². The Morgan fingerprint density at radius 3 is 2.62 bits per heavy atom. The summed E-state index contributed by atoms with van der Waals surface area (Å²) in [6.45, 7) is 3.41. The average molecular weight is 435 g/mol. The van der Waals surface area contributed by atoms with Crippen molar-refractivity contribution >= 4 is 29.1 Å². The maximum absolute atomic E-state index is 12.6. The van der Waals surface area contributed by atoms with Crippen molar-refractivity contribution in [3.8, 4) is 11.5 Å². The van der Waals surface area contributed by atoms with Gasteiger partial charge in [-0.1, -0.05) is 41.4 Å². The first-order chi connectivity index (χ1) is 14.1. The molecule has 5 nitrogen and oxygen atoms in total. The Kier molecular flexibility index (Phi) is 6.48. The molecule has 0 spiro atoms. The molecule has 2 aromatic rings. The molecule has 0 radical (unpaired) electrons. The largest absolute Gasteiger partial charge is 0.486 e. The van der Waals surface area contributed by atoms with Crippen LogP contribution in [0.25, 0.3) is 0 Å². The fraction of sp³-hybridized carbons (Fsp3) is 0.409. The van der Waals surface area contributed by atoms with Gasteiger partial charge in [0.25, 0.3) is 0 Å². The fourth-order valence-electron chi connectivity index (χ4n) is 3.77. The number of carbonyl (C=O) groups excluding carboxylic acids is 1. The van der Waals surface area contributed by atoms with E-state index in [2.05, 4.69) is 10.2 Å². The van der Waals surface area contributed by atoms with Gasteiger partial charge in [0.15, 0.2) is 11.5 Å². The summed E-state index contributed by atoms with van der Waals surface area (Å²) < 4.78 is 11.6. The highest BCUT2D eigenvalue weighted by molar-refractivity contribution is 6.35. The van der Waals surface area contributed by atoms with E-state index < -0.39 is 0 Å². The molecule has 0 aliphatic carbocycles. The molecule has 1 atom stereocenters. The van der Waals surface area contributed by atoms with E-state index in [1.807, 2.05) is 36.4 Å². The smallest absolute Gasteiger partial charge is 0.223 e. The Morgan fingerprint density at radius 2 is 1.86 bits per heavy atom. The SMILES string of the molecule is O=C(NC[C@@H]1COc2ccccc2O1)C1CCN(Cc2ccc(Cl)cc2Cl)CC1. The van der Waals surface area contributed by atoms with E-state index in [9.17, 15) is 4.79 Å². The Bertz CT molecular complexity index is 869. The molecule has 4 rings (SSSR count). The van der Waals surface area contributed by atoms with Gasteiger partial charge in [-0.15, -0.1) is 0 Å². The average Bonchev–Trinajstić information content (AvgIpc) is 2.74. The number of carbonyl (C=O) groups is 1. The number of fused-ring (bicyclic) bond motifs is 1. The molecular formula is C22H24Cl2N2O3. The number of rotatable bonds is 5. The van der Waals surface area contributed by atoms with E-state index in [4.69, 9.17) is 32.7 Å². The minimum atomic E-state index is -0.166. The van der Waals surface area contributed by atoms with Crippen LogP contribution in [0.5, 0.6) is 11.5 Å². The molecule has 1 N–H and O–H groups in total. The monoisotopic (exact) mass is 434 g/mol. The lowest BCUT2D eigenvalue weighted by atomic mass is 9.95. The highest BCUT2D eigenvalue weighted by Gasteiger charge is 2.27. The second kappa shape index (κ2) is 9.24. The molecule has 7 heteroatoms. The molecule has 1 amide bonds. The summed E-state index contributed by atoms with van der Waals surface area (Å²) in [5, 5.41) is 4.37. The highest BCUT2D eigenvalue weighted by Crippen LogP contribution is 2.31. The van der Waals surface area contributed by atoms with E-state index >= 15 is 0 Å². The van der Waals surface area contributed by atoms with Crippen LogP contribution >= 0.6 is 23.2 Å². The topological polar surface area (TPSA) is 50.8 Å². The van der Waals surface area contributed by atoms with Crippen molar-refractivity contribution in [2.45, 2.75) is 25.5 Å². The van der Waals surface area contributed by atoms with Crippen LogP contribution in [0.1, 0.15) is 18.4 Å². The molecule has 2 heterocycles. The molecule has 1 fully saturated rings. The van der Waals surface area contributed by atoms with Crippen molar-refractivity contribution < 1.29 is 14.3 Å². The fourth-order valence-corrected chi connectivity index (χ4v) is 4.23. The van der Waals surface area contributed by atoms with Crippen LogP contribution in [0.3, 0.4) is 0 Å². The van der Waals surface area contributed by atoms with Gasteiger partial charge in [0.1, 0.15) is 12.7 Å². The zero-order valence-electron chi connectivity index (χ0n) is 16.1. The molecule has 2 aromatic carbocycles. The molecule has 29 heavy (non-hydrogen) atoms. The van der Waals surface area contributed by atoms with Gasteiger partial charge in [0, 0.05) is 22.5 Å². The van der Waals surface area contributed by atoms with Gasteiger partial charge in [0.05, 0.1) is 6.54 Å². The standard InChI is InChI=1S/C22H24Cl2N2O3/c23-17-6-5-16(19(24)11-17)13-26-9-7-15(8-10-26)22(27)25-12-18-14-28-20-3-1-2-4-21(20)29-18/h1-6,11,15,18H,7-10,12-14H2,(H,25,27)/t18-/m1/s1. The quantitative estimate of drug-likeness (QED) is 0.767. The lowest BCUT2D eigenvalue weighted by Crippen LogP contribution is -2.45. The van der Waals surface area contributed by atoms with E-state index in [-0.39, 0.29) is 17.9 Å². The van der Waals surface area contributed by atoms with Crippen molar-refractivity contribution in [1.82, 2.24) is 10.2 Å². The van der Waals surface area contributed by atoms with E-state index in [1.54, 1.807) is 6.07 Å². The molecular weight excluding hydrogens is 411 g/mol. The lowest BCUT2D eigenvalue weighted by molar-refractivity contribution is -0.127. The molecule has 0 aromatic heterocycles. The number of piperidine rings is 1. The number of para-hydroxylation sites is 2. The van der Waals surface area contributed by atoms with Crippen LogP contribution in [0, 0.1) is 5.92 Å². The minimum Gasteiger partial charge on any atom is -0.486 e. The zero-order chi connectivity index (χ0) is 20.2. The van der Waals surface area contributed by atoms with Gasteiger partial charge in [0.2, 0.25) is 5.91 Å². The minimum absolute atomic E-state index is 0.0312. The van der Waals surface area contributed by atoms with Gasteiger partial charge in [-0.3, -0.25) is 9.69 Å². The first kappa shape index (κ1) is 20.3. The Hall–Kier alpha value is -1.95. The molecule has 0 bridgehead atoms. The molecule has 2 aliphatic rings. The first-order valence-electron chi connectivity index (χ1n) is 9.91. The second-order valence-electron chi connectivity index (χ2n) is 7.53. The summed E-state index contributed by atoms with van der Waals surface area (Å²) in [6, 6.07) is 13.2. The summed E-state index contributed by atoms with van der Waals surface area (Å²) in [6.07, 6.45) is 1.50. The van der Waals surface area contributed by atoms with Crippen molar-refractivity contribution in [3.63, 3.8) is 0 Å². The summed E-state index contributed by atoms with van der Waals surface area (Å²) >= 11 is 12.2. The number of hydrogen-bond acceptors (Lipinski definition) is 4. The highest BCUT2D eigenvalue weighted by atomic mass is 35.5. The molecule has 154 valence electrons. The lowest BCUT2D eigenvalue weighted by Gasteiger charge is -2.32. The van der Waals surface area contributed by atoms with Crippen molar-refractivity contribution in [1.29, 1.82) is 0 Å². The number of ether oxygens (including phenoxy) is 2. The summed E-state index contributed by atoms with van der Waals surface area (Å²) in [4.78, 5) is 14.9. The molecule has 1 saturated heterocycles. The normalized spacial score (nSPS) is 19.7. The number of likely N-dealkylation sites (tertiary alicyclic amines) is 1. The molecule has 0 saturated carbocycles. The van der Waals surface area contributed by atoms with E-state index in [0.717, 1.165) is 49.5 Å². The summed E-state index contributed by atoms with van der Waals surface area (Å²) in [5.74, 6) is 1.61. The predicted octanol–water partition coefficient (Wildman–Crippen LogP) is 4.16. The third kappa shape index (κ3) is 5.16. The van der Waals surface area contributed by atoms with Crippen LogP contribution in [0.15, 0.2) is 42.5 Å². The van der Waals surface area contributed by atoms with Crippen LogP contribution < -0.4 is 14.8 Å². The third-order valence-corrected chi connectivity index (χ3v) is 6.03. The van der Waals surface area contributed by atoms with Crippen LogP contribution in [-0.2, 0) is 11.3 Å². The van der Waals surface area contributed by atoms with Crippen molar-refractivity contribution in [3.05, 3.63) is 58.1 Å². The van der Waals surface area contributed by atoms with Gasteiger partial charge < -0.3 is 14.8 Å². The Labute approximate surface area is 180 Å². The van der Waals surface area contributed by atoms with Crippen molar-refractivity contribution in [2.75, 3.05) is 26.2 Å².